The van der Waals surface area contributed by atoms with E-state index in [0.717, 1.165) is 5.56 Å². The third-order valence-electron chi connectivity index (χ3n) is 3.27. The topological polar surface area (TPSA) is 38.0 Å². The summed E-state index contributed by atoms with van der Waals surface area (Å²) in [5.41, 5.74) is 3.44. The van der Waals surface area contributed by atoms with E-state index in [-0.39, 0.29) is 0 Å². The van der Waals surface area contributed by atoms with Crippen molar-refractivity contribution in [2.45, 2.75) is 38.7 Å². The van der Waals surface area contributed by atoms with Gasteiger partial charge in [-0.2, -0.15) is 26.3 Å². The maximum atomic E-state index is 12.7. The van der Waals surface area contributed by atoms with Gasteiger partial charge in [0.25, 0.3) is 0 Å². The highest BCUT2D eigenvalue weighted by Gasteiger charge is 2.60. The van der Waals surface area contributed by atoms with Gasteiger partial charge < -0.3 is 0 Å². The molecule has 0 aliphatic carbocycles. The number of halogens is 6. The Morgan fingerprint density at radius 3 is 2.00 bits per heavy atom. The molecule has 0 aromatic heterocycles. The molecule has 1 rings (SSSR count). The first kappa shape index (κ1) is 17.8. The van der Waals surface area contributed by atoms with E-state index in [4.69, 9.17) is 5.84 Å². The molecule has 0 saturated heterocycles. The van der Waals surface area contributed by atoms with Crippen molar-refractivity contribution in [1.29, 1.82) is 0 Å². The molecule has 0 saturated carbocycles. The first-order valence-corrected chi connectivity index (χ1v) is 6.12. The number of hydrogen-bond donors (Lipinski definition) is 2. The molecule has 1 aromatic rings. The Balaban J connectivity index is 3.13. The van der Waals surface area contributed by atoms with Gasteiger partial charge in [0.05, 0.1) is 0 Å². The minimum atomic E-state index is -5.42. The Hall–Kier alpha value is -1.28. The molecule has 8 heteroatoms. The summed E-state index contributed by atoms with van der Waals surface area (Å²) in [5, 5.41) is 0. The Kier molecular flexibility index (Phi) is 5.27. The number of aryl methyl sites for hydroxylation is 2. The summed E-state index contributed by atoms with van der Waals surface area (Å²) < 4.78 is 76.3. The lowest BCUT2D eigenvalue weighted by atomic mass is 9.90. The predicted molar refractivity (Wildman–Crippen MR) is 66.3 cm³/mol. The molecule has 0 aliphatic rings. The van der Waals surface area contributed by atoms with E-state index >= 15 is 0 Å². The summed E-state index contributed by atoms with van der Waals surface area (Å²) in [6.45, 7) is 3.33. The van der Waals surface area contributed by atoms with E-state index in [1.807, 2.05) is 0 Å². The molecule has 120 valence electrons. The van der Waals surface area contributed by atoms with Gasteiger partial charge in [0.15, 0.2) is 5.92 Å². The van der Waals surface area contributed by atoms with E-state index in [1.165, 1.54) is 0 Å². The number of hydrogen-bond acceptors (Lipinski definition) is 2. The van der Waals surface area contributed by atoms with Crippen molar-refractivity contribution in [2.24, 2.45) is 11.8 Å². The van der Waals surface area contributed by atoms with Crippen molar-refractivity contribution in [3.8, 4) is 0 Å². The normalized spacial score (nSPS) is 14.6. The number of alkyl halides is 6. The van der Waals surface area contributed by atoms with Crippen LogP contribution >= 0.6 is 0 Å². The van der Waals surface area contributed by atoms with Gasteiger partial charge in [-0.15, -0.1) is 0 Å². The van der Waals surface area contributed by atoms with Crippen molar-refractivity contribution in [3.63, 3.8) is 0 Å². The van der Waals surface area contributed by atoms with Crippen LogP contribution in [0.4, 0.5) is 26.3 Å². The third-order valence-corrected chi connectivity index (χ3v) is 3.27. The highest BCUT2D eigenvalue weighted by molar-refractivity contribution is 5.31. The highest BCUT2D eigenvalue weighted by Crippen LogP contribution is 2.42. The average Bonchev–Trinajstić information content (AvgIpc) is 2.29. The molecular weight excluding hydrogens is 298 g/mol. The number of benzene rings is 1. The average molecular weight is 314 g/mol. The van der Waals surface area contributed by atoms with Gasteiger partial charge in [-0.1, -0.05) is 23.8 Å². The van der Waals surface area contributed by atoms with Crippen LogP contribution in [0.25, 0.3) is 0 Å². The van der Waals surface area contributed by atoms with E-state index in [1.54, 1.807) is 37.5 Å². The maximum absolute atomic E-state index is 12.7. The molecule has 1 unspecified atom stereocenters. The van der Waals surface area contributed by atoms with Crippen LogP contribution < -0.4 is 11.3 Å². The molecule has 0 heterocycles. The van der Waals surface area contributed by atoms with Gasteiger partial charge in [0.1, 0.15) is 0 Å². The van der Waals surface area contributed by atoms with E-state index in [2.05, 4.69) is 0 Å². The lowest BCUT2D eigenvalue weighted by Crippen LogP contribution is -2.54. The number of nitrogens with one attached hydrogen (secondary N) is 1. The monoisotopic (exact) mass is 314 g/mol. The van der Waals surface area contributed by atoms with Crippen LogP contribution in [0.1, 0.15) is 16.7 Å². The van der Waals surface area contributed by atoms with Crippen LogP contribution in [-0.4, -0.2) is 18.4 Å². The molecular formula is C13H16F6N2. The van der Waals surface area contributed by atoms with Crippen molar-refractivity contribution in [3.05, 3.63) is 34.9 Å². The van der Waals surface area contributed by atoms with Gasteiger partial charge >= 0.3 is 12.4 Å². The zero-order chi connectivity index (χ0) is 16.4. The van der Waals surface area contributed by atoms with Crippen LogP contribution in [0.15, 0.2) is 18.2 Å². The molecule has 0 amide bonds. The standard InChI is InChI=1S/C13H16F6N2/c1-7-3-4-8(2)9(5-7)6-10(21-20)11(12(14,15)16)13(17,18)19/h3-5,10-11,21H,6,20H2,1-2H3. The lowest BCUT2D eigenvalue weighted by Gasteiger charge is -2.30. The van der Waals surface area contributed by atoms with Gasteiger partial charge in [0, 0.05) is 6.04 Å². The van der Waals surface area contributed by atoms with Gasteiger partial charge in [-0.05, 0) is 31.4 Å². The van der Waals surface area contributed by atoms with Crippen LogP contribution in [0, 0.1) is 19.8 Å². The number of nitrogens with two attached hydrogens (primary N) is 1. The van der Waals surface area contributed by atoms with Crippen LogP contribution in [-0.2, 0) is 6.42 Å². The summed E-state index contributed by atoms with van der Waals surface area (Å²) in [4.78, 5) is 0. The molecule has 1 atom stereocenters. The van der Waals surface area contributed by atoms with E-state index < -0.39 is 30.7 Å². The molecule has 0 fully saturated rings. The zero-order valence-corrected chi connectivity index (χ0v) is 11.4. The SMILES string of the molecule is Cc1ccc(C)c(CC(NN)C(C(F)(F)F)C(F)(F)F)c1. The Morgan fingerprint density at radius 2 is 1.57 bits per heavy atom. The van der Waals surface area contributed by atoms with Crippen LogP contribution in [0.3, 0.4) is 0 Å². The second-order valence-corrected chi connectivity index (χ2v) is 4.97. The molecule has 0 spiro atoms. The summed E-state index contributed by atoms with van der Waals surface area (Å²) in [6.07, 6.45) is -11.3. The van der Waals surface area contributed by atoms with Crippen LogP contribution in [0.5, 0.6) is 0 Å². The number of hydrazine groups is 1. The van der Waals surface area contributed by atoms with Crippen molar-refractivity contribution in [1.82, 2.24) is 5.43 Å². The molecule has 1 aromatic carbocycles. The lowest BCUT2D eigenvalue weighted by molar-refractivity contribution is -0.291. The number of rotatable bonds is 4. The molecule has 21 heavy (non-hydrogen) atoms. The van der Waals surface area contributed by atoms with Crippen molar-refractivity contribution in [2.75, 3.05) is 0 Å². The molecule has 0 aliphatic heterocycles. The van der Waals surface area contributed by atoms with Crippen molar-refractivity contribution >= 4 is 0 Å². The molecule has 2 nitrogen and oxygen atoms in total. The zero-order valence-electron chi connectivity index (χ0n) is 11.4. The van der Waals surface area contributed by atoms with Gasteiger partial charge in [-0.25, -0.2) is 0 Å². The Morgan fingerprint density at radius 1 is 1.05 bits per heavy atom. The maximum Gasteiger partial charge on any atom is 0.402 e. The van der Waals surface area contributed by atoms with E-state index in [9.17, 15) is 26.3 Å². The summed E-state index contributed by atoms with van der Waals surface area (Å²) >= 11 is 0. The van der Waals surface area contributed by atoms with Gasteiger partial charge in [-0.3, -0.25) is 11.3 Å². The summed E-state index contributed by atoms with van der Waals surface area (Å²) in [6, 6.07) is 2.96. The fourth-order valence-corrected chi connectivity index (χ4v) is 2.17. The van der Waals surface area contributed by atoms with Gasteiger partial charge in [0.2, 0.25) is 0 Å². The first-order valence-electron chi connectivity index (χ1n) is 6.12. The molecule has 0 bridgehead atoms. The fourth-order valence-electron chi connectivity index (χ4n) is 2.17. The smallest absolute Gasteiger partial charge is 0.271 e. The predicted octanol–water partition coefficient (Wildman–Crippen LogP) is 3.42. The minimum Gasteiger partial charge on any atom is -0.271 e. The summed E-state index contributed by atoms with van der Waals surface area (Å²) in [5.74, 6) is 1.43. The molecule has 3 N–H and O–H groups in total. The summed E-state index contributed by atoms with van der Waals surface area (Å²) in [7, 11) is 0. The first-order chi connectivity index (χ1) is 9.46. The second-order valence-electron chi connectivity index (χ2n) is 4.97. The largest absolute Gasteiger partial charge is 0.402 e. The Labute approximate surface area is 118 Å². The third kappa shape index (κ3) is 4.60. The highest BCUT2D eigenvalue weighted by atomic mass is 19.4. The quantitative estimate of drug-likeness (QED) is 0.508. The minimum absolute atomic E-state index is 0.399. The van der Waals surface area contributed by atoms with Crippen molar-refractivity contribution < 1.29 is 26.3 Å². The Bertz CT molecular complexity index is 467. The second kappa shape index (κ2) is 6.23. The van der Waals surface area contributed by atoms with E-state index in [0.29, 0.717) is 11.1 Å². The fraction of sp³-hybridized carbons (Fsp3) is 0.538. The van der Waals surface area contributed by atoms with Crippen LogP contribution in [0.2, 0.25) is 0 Å². The molecule has 0 radical (unpaired) electrons.